The van der Waals surface area contributed by atoms with Crippen molar-refractivity contribution in [2.24, 2.45) is 0 Å². The highest BCUT2D eigenvalue weighted by molar-refractivity contribution is 7.26. The van der Waals surface area contributed by atoms with Gasteiger partial charge in [0.1, 0.15) is 6.10 Å². The Morgan fingerprint density at radius 3 is 3.07 bits per heavy atom. The summed E-state index contributed by atoms with van der Waals surface area (Å²) in [6, 6.07) is 4.15. The number of hydrogen-bond acceptors (Lipinski definition) is 4. The van der Waals surface area contributed by atoms with Gasteiger partial charge in [0.15, 0.2) is 0 Å². The molecule has 82 valence electrons. The molecule has 0 aliphatic rings. The van der Waals surface area contributed by atoms with Gasteiger partial charge in [-0.3, -0.25) is 0 Å². The second-order valence-corrected chi connectivity index (χ2v) is 5.45. The average Bonchev–Trinajstić information content (AvgIpc) is 2.76. The lowest BCUT2D eigenvalue weighted by molar-refractivity contribution is 0.0382. The third kappa shape index (κ3) is 2.58. The molecule has 0 amide bonds. The van der Waals surface area contributed by atoms with Crippen LogP contribution >= 0.6 is 22.7 Å². The van der Waals surface area contributed by atoms with Gasteiger partial charge in [-0.25, -0.2) is 0 Å². The van der Waals surface area contributed by atoms with Crippen molar-refractivity contribution in [3.63, 3.8) is 0 Å². The van der Waals surface area contributed by atoms with Crippen LogP contribution in [-0.4, -0.2) is 18.3 Å². The van der Waals surface area contributed by atoms with E-state index in [9.17, 15) is 5.11 Å². The van der Waals surface area contributed by atoms with E-state index in [-0.39, 0.29) is 0 Å². The molecule has 2 rings (SSSR count). The molecule has 0 bridgehead atoms. The zero-order valence-corrected chi connectivity index (χ0v) is 10.2. The first-order valence-corrected chi connectivity index (χ1v) is 6.73. The molecule has 15 heavy (non-hydrogen) atoms. The van der Waals surface area contributed by atoms with Crippen LogP contribution in [0.15, 0.2) is 17.5 Å². The van der Waals surface area contributed by atoms with Crippen molar-refractivity contribution in [1.29, 1.82) is 0 Å². The van der Waals surface area contributed by atoms with Crippen molar-refractivity contribution < 1.29 is 9.84 Å². The van der Waals surface area contributed by atoms with E-state index in [1.54, 1.807) is 22.7 Å². The fraction of sp³-hybridized carbons (Fsp3) is 0.455. The maximum Gasteiger partial charge on any atom is 0.111 e. The number of aliphatic hydroxyl groups is 1. The molecular formula is C11H14O2S2. The molecule has 4 heteroatoms. The molecule has 0 aliphatic heterocycles. The quantitative estimate of drug-likeness (QED) is 0.814. The molecule has 0 saturated carbocycles. The summed E-state index contributed by atoms with van der Waals surface area (Å²) in [7, 11) is 0. The molecule has 1 unspecified atom stereocenters. The molecule has 2 aromatic rings. The third-order valence-corrected chi connectivity index (χ3v) is 4.31. The zero-order valence-electron chi connectivity index (χ0n) is 8.60. The smallest absolute Gasteiger partial charge is 0.111 e. The van der Waals surface area contributed by atoms with Crippen molar-refractivity contribution in [1.82, 2.24) is 0 Å². The standard InChI is InChI=1S/C11H14O2S2/c1-2-4-13-7-8(12)10-6-11-9(15-10)3-5-14-11/h3,5-6,8,12H,2,4,7H2,1H3. The molecule has 0 aliphatic carbocycles. The number of ether oxygens (including phenoxy) is 1. The van der Waals surface area contributed by atoms with Gasteiger partial charge in [0, 0.05) is 20.9 Å². The van der Waals surface area contributed by atoms with E-state index in [0.29, 0.717) is 6.61 Å². The van der Waals surface area contributed by atoms with Gasteiger partial charge in [-0.2, -0.15) is 0 Å². The molecule has 2 aromatic heterocycles. The first-order valence-electron chi connectivity index (χ1n) is 5.04. The fourth-order valence-corrected chi connectivity index (χ4v) is 3.46. The van der Waals surface area contributed by atoms with Gasteiger partial charge in [-0.05, 0) is 23.9 Å². The topological polar surface area (TPSA) is 29.5 Å². The minimum atomic E-state index is -0.471. The Morgan fingerprint density at radius 1 is 1.47 bits per heavy atom. The summed E-state index contributed by atoms with van der Waals surface area (Å²) in [6.07, 6.45) is 0.521. The molecule has 0 radical (unpaired) electrons. The summed E-state index contributed by atoms with van der Waals surface area (Å²) in [5.41, 5.74) is 0. The Bertz CT molecular complexity index is 390. The SMILES string of the molecule is CCCOCC(O)c1cc2sccc2s1. The number of hydrogen-bond donors (Lipinski definition) is 1. The molecule has 0 spiro atoms. The summed E-state index contributed by atoms with van der Waals surface area (Å²) >= 11 is 3.36. The largest absolute Gasteiger partial charge is 0.385 e. The summed E-state index contributed by atoms with van der Waals surface area (Å²) in [4.78, 5) is 1.01. The monoisotopic (exact) mass is 242 g/mol. The van der Waals surface area contributed by atoms with E-state index < -0.39 is 6.10 Å². The van der Waals surface area contributed by atoms with Crippen LogP contribution in [0.4, 0.5) is 0 Å². The first kappa shape index (κ1) is 11.1. The molecule has 1 atom stereocenters. The van der Waals surface area contributed by atoms with Crippen LogP contribution in [0.5, 0.6) is 0 Å². The van der Waals surface area contributed by atoms with E-state index in [2.05, 4.69) is 24.4 Å². The molecule has 1 N–H and O–H groups in total. The summed E-state index contributed by atoms with van der Waals surface area (Å²) in [6.45, 7) is 3.19. The van der Waals surface area contributed by atoms with Crippen LogP contribution in [0.25, 0.3) is 9.40 Å². The lowest BCUT2D eigenvalue weighted by Gasteiger charge is -2.08. The van der Waals surface area contributed by atoms with Gasteiger partial charge in [-0.15, -0.1) is 22.7 Å². The van der Waals surface area contributed by atoms with Crippen LogP contribution in [0.1, 0.15) is 24.3 Å². The second kappa shape index (κ2) is 5.07. The molecule has 0 saturated heterocycles. The van der Waals surface area contributed by atoms with Crippen molar-refractivity contribution in [2.45, 2.75) is 19.4 Å². The van der Waals surface area contributed by atoms with Crippen molar-refractivity contribution in [2.75, 3.05) is 13.2 Å². The van der Waals surface area contributed by atoms with E-state index in [1.807, 2.05) is 0 Å². The van der Waals surface area contributed by atoms with Crippen LogP contribution in [0.2, 0.25) is 0 Å². The zero-order chi connectivity index (χ0) is 10.7. The summed E-state index contributed by atoms with van der Waals surface area (Å²) < 4.78 is 7.84. The number of rotatable bonds is 5. The number of fused-ring (bicyclic) bond motifs is 1. The van der Waals surface area contributed by atoms with Gasteiger partial charge >= 0.3 is 0 Å². The Balaban J connectivity index is 2.00. The van der Waals surface area contributed by atoms with E-state index in [1.165, 1.54) is 9.40 Å². The van der Waals surface area contributed by atoms with Crippen LogP contribution in [0.3, 0.4) is 0 Å². The lowest BCUT2D eigenvalue weighted by atomic mass is 10.3. The average molecular weight is 242 g/mol. The van der Waals surface area contributed by atoms with Crippen molar-refractivity contribution in [3.05, 3.63) is 22.4 Å². The minimum absolute atomic E-state index is 0.404. The Kier molecular flexibility index (Phi) is 3.75. The normalized spacial score (nSPS) is 13.5. The minimum Gasteiger partial charge on any atom is -0.385 e. The van der Waals surface area contributed by atoms with Gasteiger partial charge in [0.25, 0.3) is 0 Å². The van der Waals surface area contributed by atoms with E-state index in [0.717, 1.165) is 17.9 Å². The van der Waals surface area contributed by atoms with Crippen LogP contribution in [-0.2, 0) is 4.74 Å². The van der Waals surface area contributed by atoms with Gasteiger partial charge in [-0.1, -0.05) is 6.92 Å². The summed E-state index contributed by atoms with van der Waals surface area (Å²) in [5, 5.41) is 11.9. The predicted molar refractivity (Wildman–Crippen MR) is 65.8 cm³/mol. The second-order valence-electron chi connectivity index (χ2n) is 3.39. The Morgan fingerprint density at radius 2 is 2.33 bits per heavy atom. The molecule has 2 nitrogen and oxygen atoms in total. The summed E-state index contributed by atoms with van der Waals surface area (Å²) in [5.74, 6) is 0. The highest BCUT2D eigenvalue weighted by Crippen LogP contribution is 2.33. The highest BCUT2D eigenvalue weighted by atomic mass is 32.1. The predicted octanol–water partition coefficient (Wildman–Crippen LogP) is 3.42. The Labute approximate surface area is 97.1 Å². The number of aliphatic hydroxyl groups excluding tert-OH is 1. The molecular weight excluding hydrogens is 228 g/mol. The molecule has 0 aromatic carbocycles. The Hall–Kier alpha value is -0.420. The van der Waals surface area contributed by atoms with Gasteiger partial charge in [0.05, 0.1) is 6.61 Å². The van der Waals surface area contributed by atoms with Crippen molar-refractivity contribution >= 4 is 32.1 Å². The van der Waals surface area contributed by atoms with Crippen LogP contribution < -0.4 is 0 Å². The molecule has 0 fully saturated rings. The van der Waals surface area contributed by atoms with Crippen LogP contribution in [0, 0.1) is 0 Å². The number of thiophene rings is 2. The highest BCUT2D eigenvalue weighted by Gasteiger charge is 2.11. The fourth-order valence-electron chi connectivity index (χ4n) is 1.37. The van der Waals surface area contributed by atoms with E-state index in [4.69, 9.17) is 4.74 Å². The maximum atomic E-state index is 9.86. The maximum absolute atomic E-state index is 9.86. The van der Waals surface area contributed by atoms with Crippen molar-refractivity contribution in [3.8, 4) is 0 Å². The third-order valence-electron chi connectivity index (χ3n) is 2.11. The molecule has 2 heterocycles. The van der Waals surface area contributed by atoms with Gasteiger partial charge < -0.3 is 9.84 Å². The van der Waals surface area contributed by atoms with E-state index >= 15 is 0 Å². The first-order chi connectivity index (χ1) is 7.31. The lowest BCUT2D eigenvalue weighted by Crippen LogP contribution is -2.06. The van der Waals surface area contributed by atoms with Gasteiger partial charge in [0.2, 0.25) is 0 Å².